The highest BCUT2D eigenvalue weighted by Gasteiger charge is 2.33. The standard InChI is InChI=1S/C16H33N3O3S.HI/c1-4-22-12-10-16(8-6-7-9-16)14-19-15(17-3)18-11-13-23(20,21)5-2;/h4-14H2,1-3H3,(H2,17,18,19);1H. The number of ether oxygens (including phenoxy) is 1. The average molecular weight is 475 g/mol. The number of rotatable bonds is 10. The van der Waals surface area contributed by atoms with Crippen LogP contribution in [0.4, 0.5) is 0 Å². The highest BCUT2D eigenvalue weighted by molar-refractivity contribution is 14.0. The normalized spacial score (nSPS) is 17.4. The fourth-order valence-corrected chi connectivity index (χ4v) is 3.74. The van der Waals surface area contributed by atoms with Gasteiger partial charge in [-0.3, -0.25) is 4.99 Å². The van der Waals surface area contributed by atoms with Gasteiger partial charge in [-0.05, 0) is 31.6 Å². The van der Waals surface area contributed by atoms with E-state index < -0.39 is 9.84 Å². The molecule has 0 heterocycles. The number of guanidine groups is 1. The van der Waals surface area contributed by atoms with Crippen molar-refractivity contribution in [3.8, 4) is 0 Å². The Bertz CT molecular complexity index is 463. The maximum absolute atomic E-state index is 11.5. The van der Waals surface area contributed by atoms with Crippen molar-refractivity contribution in [2.24, 2.45) is 10.4 Å². The highest BCUT2D eigenvalue weighted by atomic mass is 127. The van der Waals surface area contributed by atoms with E-state index in [-0.39, 0.29) is 40.9 Å². The van der Waals surface area contributed by atoms with Crippen molar-refractivity contribution < 1.29 is 13.2 Å². The molecule has 0 bridgehead atoms. The van der Waals surface area contributed by atoms with Crippen molar-refractivity contribution >= 4 is 39.8 Å². The topological polar surface area (TPSA) is 79.8 Å². The first kappa shape index (κ1) is 23.9. The molecule has 1 rings (SSSR count). The quantitative estimate of drug-likeness (QED) is 0.219. The summed E-state index contributed by atoms with van der Waals surface area (Å²) in [6, 6.07) is 0. The molecule has 0 radical (unpaired) electrons. The van der Waals surface area contributed by atoms with E-state index in [4.69, 9.17) is 4.74 Å². The highest BCUT2D eigenvalue weighted by Crippen LogP contribution is 2.40. The molecular weight excluding hydrogens is 441 g/mol. The first-order valence-corrected chi connectivity index (χ1v) is 10.5. The van der Waals surface area contributed by atoms with Gasteiger partial charge in [-0.1, -0.05) is 19.8 Å². The van der Waals surface area contributed by atoms with E-state index in [1.54, 1.807) is 14.0 Å². The Morgan fingerprint density at radius 3 is 2.42 bits per heavy atom. The van der Waals surface area contributed by atoms with E-state index in [0.29, 0.717) is 12.5 Å². The van der Waals surface area contributed by atoms with Crippen molar-refractivity contribution in [1.82, 2.24) is 10.6 Å². The van der Waals surface area contributed by atoms with Gasteiger partial charge in [0.05, 0.1) is 5.75 Å². The van der Waals surface area contributed by atoms with Crippen LogP contribution in [0.15, 0.2) is 4.99 Å². The van der Waals surface area contributed by atoms with Crippen molar-refractivity contribution in [2.75, 3.05) is 44.9 Å². The van der Waals surface area contributed by atoms with Gasteiger partial charge in [-0.2, -0.15) is 0 Å². The Hall–Kier alpha value is -0.0900. The molecule has 1 fully saturated rings. The number of hydrogen-bond acceptors (Lipinski definition) is 4. The van der Waals surface area contributed by atoms with Gasteiger partial charge in [0, 0.05) is 39.1 Å². The third-order valence-corrected chi connectivity index (χ3v) is 6.35. The second-order valence-electron chi connectivity index (χ2n) is 6.24. The summed E-state index contributed by atoms with van der Waals surface area (Å²) >= 11 is 0. The summed E-state index contributed by atoms with van der Waals surface area (Å²) in [7, 11) is -1.23. The van der Waals surface area contributed by atoms with E-state index in [9.17, 15) is 8.42 Å². The lowest BCUT2D eigenvalue weighted by Gasteiger charge is -2.30. The summed E-state index contributed by atoms with van der Waals surface area (Å²) in [5, 5.41) is 6.47. The molecule has 0 unspecified atom stereocenters. The fraction of sp³-hybridized carbons (Fsp3) is 0.938. The second-order valence-corrected chi connectivity index (χ2v) is 8.72. The predicted octanol–water partition coefficient (Wildman–Crippen LogP) is 2.19. The summed E-state index contributed by atoms with van der Waals surface area (Å²) in [5.74, 6) is 1.000. The molecule has 24 heavy (non-hydrogen) atoms. The molecular formula is C16H34IN3O3S. The zero-order chi connectivity index (χ0) is 17.2. The fourth-order valence-electron chi connectivity index (χ4n) is 3.03. The molecule has 0 aromatic heterocycles. The third kappa shape index (κ3) is 8.84. The Morgan fingerprint density at radius 1 is 1.21 bits per heavy atom. The Morgan fingerprint density at radius 2 is 1.88 bits per heavy atom. The minimum Gasteiger partial charge on any atom is -0.382 e. The van der Waals surface area contributed by atoms with Crippen LogP contribution < -0.4 is 10.6 Å². The minimum absolute atomic E-state index is 0. The van der Waals surface area contributed by atoms with E-state index in [1.807, 2.05) is 6.92 Å². The van der Waals surface area contributed by atoms with Crippen molar-refractivity contribution in [1.29, 1.82) is 0 Å². The summed E-state index contributed by atoms with van der Waals surface area (Å²) in [5.41, 5.74) is 0.280. The summed E-state index contributed by atoms with van der Waals surface area (Å²) in [6.45, 7) is 6.51. The Balaban J connectivity index is 0.00000529. The van der Waals surface area contributed by atoms with Crippen molar-refractivity contribution in [2.45, 2.75) is 46.0 Å². The molecule has 6 nitrogen and oxygen atoms in total. The number of nitrogens with one attached hydrogen (secondary N) is 2. The van der Waals surface area contributed by atoms with Gasteiger partial charge in [0.2, 0.25) is 0 Å². The maximum Gasteiger partial charge on any atom is 0.191 e. The zero-order valence-electron chi connectivity index (χ0n) is 15.3. The molecule has 0 saturated heterocycles. The largest absolute Gasteiger partial charge is 0.382 e. The van der Waals surface area contributed by atoms with Gasteiger partial charge in [0.15, 0.2) is 15.8 Å². The predicted molar refractivity (Wildman–Crippen MR) is 111 cm³/mol. The number of hydrogen-bond donors (Lipinski definition) is 2. The molecule has 144 valence electrons. The monoisotopic (exact) mass is 475 g/mol. The molecule has 0 spiro atoms. The third-order valence-electron chi connectivity index (χ3n) is 4.64. The van der Waals surface area contributed by atoms with Crippen LogP contribution in [0.2, 0.25) is 0 Å². The van der Waals surface area contributed by atoms with E-state index in [1.165, 1.54) is 25.7 Å². The van der Waals surface area contributed by atoms with Gasteiger partial charge in [-0.15, -0.1) is 24.0 Å². The lowest BCUT2D eigenvalue weighted by molar-refractivity contribution is 0.105. The summed E-state index contributed by atoms with van der Waals surface area (Å²) in [4.78, 5) is 4.19. The Labute approximate surface area is 164 Å². The van der Waals surface area contributed by atoms with Crippen molar-refractivity contribution in [3.63, 3.8) is 0 Å². The van der Waals surface area contributed by atoms with E-state index in [0.717, 1.165) is 26.2 Å². The van der Waals surface area contributed by atoms with Crippen LogP contribution in [0.5, 0.6) is 0 Å². The zero-order valence-corrected chi connectivity index (χ0v) is 18.4. The number of nitrogens with zero attached hydrogens (tertiary/aromatic N) is 1. The lowest BCUT2D eigenvalue weighted by atomic mass is 9.83. The lowest BCUT2D eigenvalue weighted by Crippen LogP contribution is -2.44. The molecule has 0 aliphatic heterocycles. The minimum atomic E-state index is -2.94. The van der Waals surface area contributed by atoms with Gasteiger partial charge < -0.3 is 15.4 Å². The van der Waals surface area contributed by atoms with Crippen LogP contribution in [0.1, 0.15) is 46.0 Å². The summed E-state index contributed by atoms with van der Waals surface area (Å²) in [6.07, 6.45) is 6.04. The van der Waals surface area contributed by atoms with Crippen LogP contribution in [-0.4, -0.2) is 59.2 Å². The Kier molecular flexibility index (Phi) is 12.2. The van der Waals surface area contributed by atoms with Crippen LogP contribution in [0.3, 0.4) is 0 Å². The second kappa shape index (κ2) is 12.3. The van der Waals surface area contributed by atoms with Crippen LogP contribution in [0, 0.1) is 5.41 Å². The number of sulfone groups is 1. The van der Waals surface area contributed by atoms with Crippen molar-refractivity contribution in [3.05, 3.63) is 0 Å². The maximum atomic E-state index is 11.5. The SMILES string of the molecule is CCOCCC1(CNC(=NC)NCCS(=O)(=O)CC)CCCC1.I. The average Bonchev–Trinajstić information content (AvgIpc) is 3.00. The van der Waals surface area contributed by atoms with Gasteiger partial charge in [0.25, 0.3) is 0 Å². The molecule has 0 atom stereocenters. The molecule has 1 aliphatic carbocycles. The number of halogens is 1. The molecule has 0 amide bonds. The van der Waals surface area contributed by atoms with Gasteiger partial charge >= 0.3 is 0 Å². The van der Waals surface area contributed by atoms with E-state index >= 15 is 0 Å². The van der Waals surface area contributed by atoms with Gasteiger partial charge in [-0.25, -0.2) is 8.42 Å². The first-order valence-electron chi connectivity index (χ1n) is 8.69. The van der Waals surface area contributed by atoms with Crippen LogP contribution >= 0.6 is 24.0 Å². The smallest absolute Gasteiger partial charge is 0.191 e. The van der Waals surface area contributed by atoms with Crippen LogP contribution in [0.25, 0.3) is 0 Å². The molecule has 1 saturated carbocycles. The first-order chi connectivity index (χ1) is 11.0. The molecule has 2 N–H and O–H groups in total. The molecule has 8 heteroatoms. The summed E-state index contributed by atoms with van der Waals surface area (Å²) < 4.78 is 28.6. The molecule has 0 aromatic carbocycles. The molecule has 0 aromatic rings. The van der Waals surface area contributed by atoms with E-state index in [2.05, 4.69) is 15.6 Å². The molecule has 1 aliphatic rings. The van der Waals surface area contributed by atoms with Crippen LogP contribution in [-0.2, 0) is 14.6 Å². The number of aliphatic imine (C=N–C) groups is 1. The van der Waals surface area contributed by atoms with Gasteiger partial charge in [0.1, 0.15) is 0 Å².